The van der Waals surface area contributed by atoms with E-state index in [0.29, 0.717) is 30.5 Å². The van der Waals surface area contributed by atoms with Crippen LogP contribution in [0.25, 0.3) is 0 Å². The summed E-state index contributed by atoms with van der Waals surface area (Å²) in [6, 6.07) is 0.326. The lowest BCUT2D eigenvalue weighted by Gasteiger charge is -2.18. The average molecular weight is 239 g/mol. The third kappa shape index (κ3) is 3.26. The van der Waals surface area contributed by atoms with Crippen LogP contribution < -0.4 is 5.32 Å². The van der Waals surface area contributed by atoms with Gasteiger partial charge in [-0.1, -0.05) is 13.8 Å². The summed E-state index contributed by atoms with van der Waals surface area (Å²) >= 11 is 0. The number of nitrogens with one attached hydrogen (secondary N) is 1. The van der Waals surface area contributed by atoms with Crippen LogP contribution in [0.4, 0.5) is 0 Å². The van der Waals surface area contributed by atoms with E-state index in [2.05, 4.69) is 22.4 Å². The lowest BCUT2D eigenvalue weighted by molar-refractivity contribution is 0.0824. The van der Waals surface area contributed by atoms with Crippen molar-refractivity contribution >= 4 is 0 Å². The fourth-order valence-corrected chi connectivity index (χ4v) is 1.95. The van der Waals surface area contributed by atoms with Crippen LogP contribution in [0.1, 0.15) is 51.3 Å². The van der Waals surface area contributed by atoms with Crippen LogP contribution in [-0.4, -0.2) is 29.0 Å². The van der Waals surface area contributed by atoms with Gasteiger partial charge >= 0.3 is 0 Å². The Labute approximate surface area is 102 Å². The predicted molar refractivity (Wildman–Crippen MR) is 63.7 cm³/mol. The molecule has 17 heavy (non-hydrogen) atoms. The van der Waals surface area contributed by atoms with Crippen LogP contribution in [0, 0.1) is 0 Å². The van der Waals surface area contributed by atoms with Gasteiger partial charge in [-0.2, -0.15) is 0 Å². The van der Waals surface area contributed by atoms with Gasteiger partial charge in [0.15, 0.2) is 0 Å². The molecule has 0 bridgehead atoms. The molecule has 0 saturated carbocycles. The summed E-state index contributed by atoms with van der Waals surface area (Å²) in [5, 5.41) is 11.4. The Morgan fingerprint density at radius 1 is 1.35 bits per heavy atom. The van der Waals surface area contributed by atoms with Gasteiger partial charge in [0, 0.05) is 18.6 Å². The topological polar surface area (TPSA) is 60.2 Å². The van der Waals surface area contributed by atoms with Gasteiger partial charge in [-0.3, -0.25) is 0 Å². The molecule has 0 aromatic carbocycles. The van der Waals surface area contributed by atoms with Crippen molar-refractivity contribution < 1.29 is 9.15 Å². The Balaban J connectivity index is 1.80. The molecule has 1 aromatic rings. The first-order valence-corrected chi connectivity index (χ1v) is 6.34. The maximum absolute atomic E-state index is 5.62. The van der Waals surface area contributed by atoms with E-state index in [1.54, 1.807) is 0 Å². The first-order chi connectivity index (χ1) is 8.16. The zero-order chi connectivity index (χ0) is 12.3. The monoisotopic (exact) mass is 239 g/mol. The van der Waals surface area contributed by atoms with Gasteiger partial charge < -0.3 is 14.5 Å². The van der Waals surface area contributed by atoms with Crippen LogP contribution >= 0.6 is 0 Å². The Morgan fingerprint density at radius 3 is 2.76 bits per heavy atom. The molecule has 2 rings (SSSR count). The van der Waals surface area contributed by atoms with E-state index < -0.39 is 0 Å². The van der Waals surface area contributed by atoms with Crippen LogP contribution in [0.15, 0.2) is 4.42 Å². The minimum absolute atomic E-state index is 0.284. The Kier molecular flexibility index (Phi) is 4.12. The molecule has 2 atom stereocenters. The molecule has 5 nitrogen and oxygen atoms in total. The number of hydrogen-bond acceptors (Lipinski definition) is 5. The average Bonchev–Trinajstić information content (AvgIpc) is 2.97. The van der Waals surface area contributed by atoms with Crippen molar-refractivity contribution in [2.45, 2.75) is 58.2 Å². The molecule has 1 N–H and O–H groups in total. The number of rotatable bonds is 5. The fourth-order valence-electron chi connectivity index (χ4n) is 1.95. The summed E-state index contributed by atoms with van der Waals surface area (Å²) in [6.45, 7) is 7.71. The van der Waals surface area contributed by atoms with Gasteiger partial charge in [-0.25, -0.2) is 0 Å². The van der Waals surface area contributed by atoms with Crippen molar-refractivity contribution in [1.29, 1.82) is 0 Å². The summed E-state index contributed by atoms with van der Waals surface area (Å²) in [6.07, 6.45) is 2.62. The Hall–Kier alpha value is -0.940. The van der Waals surface area contributed by atoms with E-state index in [4.69, 9.17) is 9.15 Å². The molecule has 0 amide bonds. The van der Waals surface area contributed by atoms with Crippen molar-refractivity contribution in [2.75, 3.05) is 6.61 Å². The fraction of sp³-hybridized carbons (Fsp3) is 0.833. The molecular weight excluding hydrogens is 218 g/mol. The van der Waals surface area contributed by atoms with E-state index in [0.717, 1.165) is 19.4 Å². The number of hydrogen-bond donors (Lipinski definition) is 1. The summed E-state index contributed by atoms with van der Waals surface area (Å²) in [4.78, 5) is 0. The first-order valence-electron chi connectivity index (χ1n) is 6.34. The molecule has 0 aliphatic carbocycles. The summed E-state index contributed by atoms with van der Waals surface area (Å²) in [5.74, 6) is 1.64. The van der Waals surface area contributed by atoms with Crippen molar-refractivity contribution in [1.82, 2.24) is 15.5 Å². The SMILES string of the molecule is CC(C)c1nnc(CN[C@@H](C)[C@@H]2CCCO2)o1. The molecule has 0 radical (unpaired) electrons. The van der Waals surface area contributed by atoms with Crippen molar-refractivity contribution in [3.63, 3.8) is 0 Å². The summed E-state index contributed by atoms with van der Waals surface area (Å²) < 4.78 is 11.2. The Morgan fingerprint density at radius 2 is 2.18 bits per heavy atom. The highest BCUT2D eigenvalue weighted by molar-refractivity contribution is 4.87. The smallest absolute Gasteiger partial charge is 0.230 e. The van der Waals surface area contributed by atoms with Crippen LogP contribution in [0.5, 0.6) is 0 Å². The molecule has 96 valence electrons. The molecule has 1 fully saturated rings. The van der Waals surface area contributed by atoms with Crippen LogP contribution in [-0.2, 0) is 11.3 Å². The zero-order valence-corrected chi connectivity index (χ0v) is 10.8. The van der Waals surface area contributed by atoms with Crippen molar-refractivity contribution in [2.24, 2.45) is 0 Å². The number of aromatic nitrogens is 2. The molecule has 1 aliphatic rings. The highest BCUT2D eigenvalue weighted by Gasteiger charge is 2.22. The molecule has 1 aromatic heterocycles. The largest absolute Gasteiger partial charge is 0.424 e. The molecule has 1 aliphatic heterocycles. The highest BCUT2D eigenvalue weighted by Crippen LogP contribution is 2.16. The normalized spacial score (nSPS) is 22.2. The standard InChI is InChI=1S/C12H21N3O2/c1-8(2)12-15-14-11(17-12)7-13-9(3)10-5-4-6-16-10/h8-10,13H,4-7H2,1-3H3/t9-,10-/m0/s1. The number of ether oxygens (including phenoxy) is 1. The van der Waals surface area contributed by atoms with E-state index in [-0.39, 0.29) is 5.92 Å². The van der Waals surface area contributed by atoms with Crippen LogP contribution in [0.3, 0.4) is 0 Å². The maximum atomic E-state index is 5.62. The maximum Gasteiger partial charge on any atom is 0.230 e. The minimum Gasteiger partial charge on any atom is -0.424 e. The minimum atomic E-state index is 0.284. The molecule has 0 unspecified atom stereocenters. The molecule has 0 spiro atoms. The zero-order valence-electron chi connectivity index (χ0n) is 10.8. The number of nitrogens with zero attached hydrogens (tertiary/aromatic N) is 2. The van der Waals surface area contributed by atoms with E-state index in [9.17, 15) is 0 Å². The molecule has 5 heteroatoms. The van der Waals surface area contributed by atoms with Crippen molar-refractivity contribution in [3.8, 4) is 0 Å². The summed E-state index contributed by atoms with van der Waals surface area (Å²) in [7, 11) is 0. The van der Waals surface area contributed by atoms with Gasteiger partial charge in [-0.05, 0) is 19.8 Å². The van der Waals surface area contributed by atoms with E-state index in [1.807, 2.05) is 13.8 Å². The first kappa shape index (κ1) is 12.5. The highest BCUT2D eigenvalue weighted by atomic mass is 16.5. The lowest BCUT2D eigenvalue weighted by Crippen LogP contribution is -2.36. The third-order valence-electron chi connectivity index (χ3n) is 3.07. The van der Waals surface area contributed by atoms with Gasteiger partial charge in [0.1, 0.15) is 0 Å². The second-order valence-corrected chi connectivity index (χ2v) is 4.91. The third-order valence-corrected chi connectivity index (χ3v) is 3.07. The second kappa shape index (κ2) is 5.60. The van der Waals surface area contributed by atoms with E-state index >= 15 is 0 Å². The van der Waals surface area contributed by atoms with E-state index in [1.165, 1.54) is 0 Å². The van der Waals surface area contributed by atoms with Gasteiger partial charge in [-0.15, -0.1) is 10.2 Å². The summed E-state index contributed by atoms with van der Waals surface area (Å²) in [5.41, 5.74) is 0. The van der Waals surface area contributed by atoms with Gasteiger partial charge in [0.25, 0.3) is 0 Å². The molecule has 1 saturated heterocycles. The van der Waals surface area contributed by atoms with Gasteiger partial charge in [0.2, 0.25) is 11.8 Å². The predicted octanol–water partition coefficient (Wildman–Crippen LogP) is 1.85. The van der Waals surface area contributed by atoms with Crippen LogP contribution in [0.2, 0.25) is 0 Å². The quantitative estimate of drug-likeness (QED) is 0.849. The molecular formula is C12H21N3O2. The lowest BCUT2D eigenvalue weighted by atomic mass is 10.1. The Bertz CT molecular complexity index is 345. The molecule has 2 heterocycles. The van der Waals surface area contributed by atoms with Gasteiger partial charge in [0.05, 0.1) is 12.6 Å². The second-order valence-electron chi connectivity index (χ2n) is 4.91. The van der Waals surface area contributed by atoms with Crippen molar-refractivity contribution in [3.05, 3.63) is 11.8 Å².